The lowest BCUT2D eigenvalue weighted by Crippen LogP contribution is -2.15. The van der Waals surface area contributed by atoms with E-state index in [1.807, 2.05) is 0 Å². The number of halogens is 2. The number of ether oxygens (including phenoxy) is 2. The zero-order valence-corrected chi connectivity index (χ0v) is 14.9. The van der Waals surface area contributed by atoms with Gasteiger partial charge in [-0.3, -0.25) is 4.79 Å². The number of hydrogen-bond acceptors (Lipinski definition) is 7. The van der Waals surface area contributed by atoms with E-state index in [-0.39, 0.29) is 33.3 Å². The first-order valence-electron chi connectivity index (χ1n) is 7.33. The second kappa shape index (κ2) is 8.04. The number of carbonyl (C=O) groups is 3. The summed E-state index contributed by atoms with van der Waals surface area (Å²) < 4.78 is 35.0. The molecule has 8 nitrogen and oxygen atoms in total. The predicted octanol–water partition coefficient (Wildman–Crippen LogP) is 2.86. The molecule has 140 valence electrons. The molecule has 0 spiro atoms. The zero-order chi connectivity index (χ0) is 19.4. The Balaban J connectivity index is 2.37. The lowest BCUT2D eigenvalue weighted by molar-refractivity contribution is 0.0529. The molecule has 0 fully saturated rings. The molecule has 2 heterocycles. The Hall–Kier alpha value is -2.82. The van der Waals surface area contributed by atoms with Crippen molar-refractivity contribution in [1.29, 1.82) is 0 Å². The Labute approximate surface area is 150 Å². The smallest absolute Gasteiger partial charge is 0.348 e. The number of esters is 2. The van der Waals surface area contributed by atoms with E-state index in [2.05, 4.69) is 15.2 Å². The number of carbonyl (C=O) groups excluding carboxylic acids is 3. The van der Waals surface area contributed by atoms with Gasteiger partial charge in [-0.05, 0) is 25.5 Å². The van der Waals surface area contributed by atoms with Crippen LogP contribution in [0.2, 0.25) is 0 Å². The summed E-state index contributed by atoms with van der Waals surface area (Å²) in [4.78, 5) is 36.4. The van der Waals surface area contributed by atoms with Gasteiger partial charge in [-0.1, -0.05) is 0 Å². The van der Waals surface area contributed by atoms with Gasteiger partial charge in [0.15, 0.2) is 5.69 Å². The minimum Gasteiger partial charge on any atom is -0.465 e. The molecule has 0 aromatic carbocycles. The molecule has 2 aromatic rings. The van der Waals surface area contributed by atoms with E-state index >= 15 is 0 Å². The van der Waals surface area contributed by atoms with E-state index in [9.17, 15) is 23.2 Å². The zero-order valence-electron chi connectivity index (χ0n) is 14.0. The average molecular weight is 387 g/mol. The largest absolute Gasteiger partial charge is 0.465 e. The molecule has 0 unspecified atom stereocenters. The number of alkyl halides is 2. The van der Waals surface area contributed by atoms with Crippen molar-refractivity contribution >= 4 is 34.2 Å². The van der Waals surface area contributed by atoms with Gasteiger partial charge in [0.05, 0.1) is 19.3 Å². The second-order valence-electron chi connectivity index (χ2n) is 4.89. The van der Waals surface area contributed by atoms with Crippen LogP contribution in [0.1, 0.15) is 49.6 Å². The van der Waals surface area contributed by atoms with Crippen LogP contribution in [0, 0.1) is 6.92 Å². The van der Waals surface area contributed by atoms with Crippen molar-refractivity contribution in [3.63, 3.8) is 0 Å². The van der Waals surface area contributed by atoms with Gasteiger partial charge in [-0.2, -0.15) is 13.9 Å². The maximum Gasteiger partial charge on any atom is 0.348 e. The third-order valence-corrected chi connectivity index (χ3v) is 4.45. The lowest BCUT2D eigenvalue weighted by atomic mass is 10.1. The van der Waals surface area contributed by atoms with E-state index in [0.717, 1.165) is 30.7 Å². The first-order chi connectivity index (χ1) is 12.3. The van der Waals surface area contributed by atoms with Gasteiger partial charge in [-0.15, -0.1) is 11.3 Å². The standard InChI is InChI=1S/C15H15F2N3O5S/c1-4-25-14(23)10-7(2)9(13(22)24-3)12(26-10)18-11(21)8-5-6-20(19-8)15(16)17/h5-6,15H,4H2,1-3H3,(H,18,21). The number of thiophene rings is 1. The molecular weight excluding hydrogens is 372 g/mol. The maximum absolute atomic E-state index is 12.6. The SMILES string of the molecule is CCOC(=O)c1sc(NC(=O)c2ccn(C(F)F)n2)c(C(=O)OC)c1C. The van der Waals surface area contributed by atoms with E-state index in [0.29, 0.717) is 4.68 Å². The molecular formula is C15H15F2N3O5S. The molecule has 2 rings (SSSR count). The minimum absolute atomic E-state index is 0.0119. The number of rotatable bonds is 6. The molecule has 0 atom stereocenters. The number of anilines is 1. The highest BCUT2D eigenvalue weighted by Crippen LogP contribution is 2.34. The van der Waals surface area contributed by atoms with E-state index in [4.69, 9.17) is 4.74 Å². The summed E-state index contributed by atoms with van der Waals surface area (Å²) >= 11 is 0.824. The van der Waals surface area contributed by atoms with Gasteiger partial charge in [0, 0.05) is 6.20 Å². The van der Waals surface area contributed by atoms with Gasteiger partial charge in [0.2, 0.25) is 0 Å². The van der Waals surface area contributed by atoms with Crippen LogP contribution in [0.15, 0.2) is 12.3 Å². The fraction of sp³-hybridized carbons (Fsp3) is 0.333. The fourth-order valence-electron chi connectivity index (χ4n) is 2.08. The van der Waals surface area contributed by atoms with E-state index in [1.54, 1.807) is 6.92 Å². The predicted molar refractivity (Wildman–Crippen MR) is 87.8 cm³/mol. The van der Waals surface area contributed by atoms with Gasteiger partial charge < -0.3 is 14.8 Å². The molecule has 0 bridgehead atoms. The molecule has 11 heteroatoms. The number of nitrogens with one attached hydrogen (secondary N) is 1. The van der Waals surface area contributed by atoms with Gasteiger partial charge in [0.1, 0.15) is 9.88 Å². The number of methoxy groups -OCH3 is 1. The second-order valence-corrected chi connectivity index (χ2v) is 5.91. The summed E-state index contributed by atoms with van der Waals surface area (Å²) in [6.45, 7) is 0.387. The molecule has 1 N–H and O–H groups in total. The highest BCUT2D eigenvalue weighted by molar-refractivity contribution is 7.18. The van der Waals surface area contributed by atoms with Crippen LogP contribution < -0.4 is 5.32 Å². The van der Waals surface area contributed by atoms with Crippen molar-refractivity contribution < 1.29 is 32.6 Å². The molecule has 0 saturated carbocycles. The fourth-order valence-corrected chi connectivity index (χ4v) is 3.16. The van der Waals surface area contributed by atoms with Crippen molar-refractivity contribution in [3.8, 4) is 0 Å². The van der Waals surface area contributed by atoms with Crippen LogP contribution in [0.5, 0.6) is 0 Å². The van der Waals surface area contributed by atoms with E-state index < -0.39 is 24.4 Å². The van der Waals surface area contributed by atoms with Crippen molar-refractivity contribution in [2.24, 2.45) is 0 Å². The summed E-state index contributed by atoms with van der Waals surface area (Å²) in [7, 11) is 1.15. The molecule has 0 aliphatic carbocycles. The minimum atomic E-state index is -2.89. The summed E-state index contributed by atoms with van der Waals surface area (Å²) in [6.07, 6.45) is 0.949. The normalized spacial score (nSPS) is 10.7. The van der Waals surface area contributed by atoms with Gasteiger partial charge in [0.25, 0.3) is 5.91 Å². The highest BCUT2D eigenvalue weighted by Gasteiger charge is 2.27. The molecule has 26 heavy (non-hydrogen) atoms. The Morgan fingerprint density at radius 1 is 1.35 bits per heavy atom. The first-order valence-corrected chi connectivity index (χ1v) is 8.15. The summed E-state index contributed by atoms with van der Waals surface area (Å²) in [5.41, 5.74) is 0.000702. The van der Waals surface area contributed by atoms with E-state index in [1.165, 1.54) is 6.92 Å². The van der Waals surface area contributed by atoms with Crippen LogP contribution in [0.25, 0.3) is 0 Å². The monoisotopic (exact) mass is 387 g/mol. The quantitative estimate of drug-likeness (QED) is 0.765. The van der Waals surface area contributed by atoms with Gasteiger partial charge in [-0.25, -0.2) is 14.3 Å². The number of nitrogens with zero attached hydrogens (tertiary/aromatic N) is 2. The van der Waals surface area contributed by atoms with Crippen LogP contribution >= 0.6 is 11.3 Å². The van der Waals surface area contributed by atoms with Crippen LogP contribution in [0.4, 0.5) is 13.8 Å². The summed E-state index contributed by atoms with van der Waals surface area (Å²) in [5, 5.41) is 5.88. The molecule has 1 amide bonds. The number of hydrogen-bond donors (Lipinski definition) is 1. The summed E-state index contributed by atoms with van der Waals surface area (Å²) in [5.74, 6) is -2.23. The van der Waals surface area contributed by atoms with Crippen molar-refractivity contribution in [2.75, 3.05) is 19.0 Å². The molecule has 0 radical (unpaired) electrons. The lowest BCUT2D eigenvalue weighted by Gasteiger charge is -2.04. The Bertz CT molecular complexity index is 846. The van der Waals surface area contributed by atoms with Gasteiger partial charge >= 0.3 is 18.5 Å². The molecule has 0 aliphatic heterocycles. The third kappa shape index (κ3) is 3.87. The topological polar surface area (TPSA) is 99.5 Å². The number of aromatic nitrogens is 2. The average Bonchev–Trinajstić information content (AvgIpc) is 3.20. The highest BCUT2D eigenvalue weighted by atomic mass is 32.1. The van der Waals surface area contributed by atoms with Crippen molar-refractivity contribution in [3.05, 3.63) is 34.0 Å². The Morgan fingerprint density at radius 3 is 2.58 bits per heavy atom. The first kappa shape index (κ1) is 19.5. The number of amides is 1. The van der Waals surface area contributed by atoms with Crippen molar-refractivity contribution in [1.82, 2.24) is 9.78 Å². The molecule has 0 aliphatic rings. The Kier molecular flexibility index (Phi) is 6.03. The third-order valence-electron chi connectivity index (χ3n) is 3.27. The molecule has 0 saturated heterocycles. The van der Waals surface area contributed by atoms with Crippen LogP contribution in [-0.4, -0.2) is 41.3 Å². The van der Waals surface area contributed by atoms with Crippen LogP contribution in [-0.2, 0) is 9.47 Å². The molecule has 2 aromatic heterocycles. The van der Waals surface area contributed by atoms with Crippen LogP contribution in [0.3, 0.4) is 0 Å². The van der Waals surface area contributed by atoms with Crippen molar-refractivity contribution in [2.45, 2.75) is 20.4 Å². The summed E-state index contributed by atoms with van der Waals surface area (Å²) in [6, 6.07) is 1.10. The Morgan fingerprint density at radius 2 is 2.04 bits per heavy atom. The maximum atomic E-state index is 12.6.